The van der Waals surface area contributed by atoms with Gasteiger partial charge in [0.15, 0.2) is 0 Å². The first-order chi connectivity index (χ1) is 10.1. The van der Waals surface area contributed by atoms with E-state index in [0.29, 0.717) is 6.61 Å². The first kappa shape index (κ1) is 16.3. The molecule has 0 aliphatic carbocycles. The van der Waals surface area contributed by atoms with E-state index in [1.165, 1.54) is 4.88 Å². The van der Waals surface area contributed by atoms with Crippen molar-refractivity contribution in [3.05, 3.63) is 44.6 Å². The first-order valence-electron chi connectivity index (χ1n) is 6.92. The summed E-state index contributed by atoms with van der Waals surface area (Å²) in [6.45, 7) is 5.73. The topological polar surface area (TPSA) is 30.5 Å². The smallest absolute Gasteiger partial charge is 0.128 e. The Kier molecular flexibility index (Phi) is 6.08. The van der Waals surface area contributed by atoms with Crippen molar-refractivity contribution >= 4 is 27.3 Å². The van der Waals surface area contributed by atoms with Gasteiger partial charge in [-0.2, -0.15) is 0 Å². The second-order valence-electron chi connectivity index (χ2n) is 4.68. The number of thiophene rings is 1. The molecule has 1 atom stereocenters. The van der Waals surface area contributed by atoms with Crippen LogP contribution in [0.4, 0.5) is 0 Å². The third kappa shape index (κ3) is 4.46. The predicted octanol–water partition coefficient (Wildman–Crippen LogP) is 4.77. The van der Waals surface area contributed by atoms with Crippen molar-refractivity contribution in [1.29, 1.82) is 0 Å². The number of hydrogen-bond acceptors (Lipinski definition) is 4. The minimum Gasteiger partial charge on any atom is -0.497 e. The van der Waals surface area contributed by atoms with Crippen LogP contribution >= 0.6 is 27.3 Å². The largest absolute Gasteiger partial charge is 0.497 e. The van der Waals surface area contributed by atoms with E-state index < -0.39 is 0 Å². The van der Waals surface area contributed by atoms with Crippen LogP contribution in [0.25, 0.3) is 0 Å². The van der Waals surface area contributed by atoms with Gasteiger partial charge in [0.2, 0.25) is 0 Å². The number of halogens is 1. The number of rotatable bonds is 7. The molecule has 5 heteroatoms. The molecule has 3 nitrogen and oxygen atoms in total. The maximum absolute atomic E-state index is 6.02. The third-order valence-corrected chi connectivity index (χ3v) is 4.79. The third-order valence-electron chi connectivity index (χ3n) is 3.20. The maximum atomic E-state index is 6.02. The Hall–Kier alpha value is -1.04. The van der Waals surface area contributed by atoms with Crippen LogP contribution in [-0.4, -0.2) is 13.7 Å². The highest BCUT2D eigenvalue weighted by molar-refractivity contribution is 9.11. The quantitative estimate of drug-likeness (QED) is 0.762. The minimum absolute atomic E-state index is 0.242. The van der Waals surface area contributed by atoms with Crippen molar-refractivity contribution < 1.29 is 9.47 Å². The summed E-state index contributed by atoms with van der Waals surface area (Å²) in [5, 5.41) is 3.42. The Morgan fingerprint density at radius 1 is 1.29 bits per heavy atom. The van der Waals surface area contributed by atoms with Gasteiger partial charge in [-0.1, -0.05) is 13.0 Å². The number of benzene rings is 1. The number of nitrogens with one attached hydrogen (secondary N) is 1. The average molecular weight is 370 g/mol. The molecule has 0 amide bonds. The Bertz CT molecular complexity index is 585. The van der Waals surface area contributed by atoms with Gasteiger partial charge in [-0.05, 0) is 47.6 Å². The summed E-state index contributed by atoms with van der Waals surface area (Å²) in [7, 11) is 1.67. The van der Waals surface area contributed by atoms with Crippen LogP contribution in [0.5, 0.6) is 11.5 Å². The molecule has 0 aliphatic heterocycles. The second-order valence-corrected chi connectivity index (χ2v) is 7.23. The lowest BCUT2D eigenvalue weighted by Crippen LogP contribution is -2.18. The minimum atomic E-state index is 0.242. The first-order valence-corrected chi connectivity index (χ1v) is 8.53. The molecule has 21 heavy (non-hydrogen) atoms. The molecular formula is C16H20BrNO2S. The summed E-state index contributed by atoms with van der Waals surface area (Å²) in [6.07, 6.45) is 0. The second kappa shape index (κ2) is 7.82. The molecule has 2 rings (SSSR count). The molecule has 1 unspecified atom stereocenters. The molecule has 0 bridgehead atoms. The van der Waals surface area contributed by atoms with E-state index in [0.717, 1.165) is 27.4 Å². The van der Waals surface area contributed by atoms with E-state index in [-0.39, 0.29) is 6.04 Å². The van der Waals surface area contributed by atoms with Crippen molar-refractivity contribution in [2.24, 2.45) is 0 Å². The molecule has 114 valence electrons. The van der Waals surface area contributed by atoms with E-state index in [4.69, 9.17) is 9.47 Å². The van der Waals surface area contributed by atoms with Crippen molar-refractivity contribution in [3.63, 3.8) is 0 Å². The molecule has 0 saturated carbocycles. The molecule has 0 aliphatic rings. The molecule has 0 spiro atoms. The lowest BCUT2D eigenvalue weighted by atomic mass is 10.1. The monoisotopic (exact) mass is 369 g/mol. The standard InChI is InChI=1S/C16H20BrNO2S/c1-4-18-11(2)14-7-5-12(19-3)9-15(14)20-10-13-6-8-16(17)21-13/h5-9,11,18H,4,10H2,1-3H3. The van der Waals surface area contributed by atoms with E-state index in [2.05, 4.69) is 47.2 Å². The van der Waals surface area contributed by atoms with Crippen LogP contribution in [0.15, 0.2) is 34.1 Å². The zero-order valence-corrected chi connectivity index (χ0v) is 14.9. The number of ether oxygens (including phenoxy) is 2. The fourth-order valence-corrected chi connectivity index (χ4v) is 3.52. The summed E-state index contributed by atoms with van der Waals surface area (Å²) in [5.74, 6) is 1.68. The zero-order chi connectivity index (χ0) is 15.2. The summed E-state index contributed by atoms with van der Waals surface area (Å²) < 4.78 is 12.4. The molecule has 0 fully saturated rings. The number of methoxy groups -OCH3 is 1. The van der Waals surface area contributed by atoms with Crippen molar-refractivity contribution in [3.8, 4) is 11.5 Å². The fraction of sp³-hybridized carbons (Fsp3) is 0.375. The SMILES string of the molecule is CCNC(C)c1ccc(OC)cc1OCc1ccc(Br)s1. The fourth-order valence-electron chi connectivity index (χ4n) is 2.12. The normalized spacial score (nSPS) is 12.2. The van der Waals surface area contributed by atoms with Crippen LogP contribution in [0, 0.1) is 0 Å². The molecule has 1 N–H and O–H groups in total. The molecule has 1 aromatic carbocycles. The summed E-state index contributed by atoms with van der Waals surface area (Å²) in [5.41, 5.74) is 1.15. The maximum Gasteiger partial charge on any atom is 0.128 e. The Balaban J connectivity index is 2.17. The van der Waals surface area contributed by atoms with Gasteiger partial charge in [-0.25, -0.2) is 0 Å². The van der Waals surface area contributed by atoms with Crippen LogP contribution in [0.3, 0.4) is 0 Å². The lowest BCUT2D eigenvalue weighted by Gasteiger charge is -2.18. The van der Waals surface area contributed by atoms with E-state index in [1.807, 2.05) is 18.2 Å². The highest BCUT2D eigenvalue weighted by Crippen LogP contribution is 2.31. The molecule has 0 saturated heterocycles. The Morgan fingerprint density at radius 3 is 2.71 bits per heavy atom. The lowest BCUT2D eigenvalue weighted by molar-refractivity contribution is 0.300. The molecule has 0 radical (unpaired) electrons. The molecule has 2 aromatic rings. The molecular weight excluding hydrogens is 350 g/mol. The Morgan fingerprint density at radius 2 is 2.10 bits per heavy atom. The van der Waals surface area contributed by atoms with Gasteiger partial charge in [0.05, 0.1) is 10.9 Å². The van der Waals surface area contributed by atoms with Crippen molar-refractivity contribution in [2.45, 2.75) is 26.5 Å². The van der Waals surface area contributed by atoms with Crippen LogP contribution in [-0.2, 0) is 6.61 Å². The van der Waals surface area contributed by atoms with E-state index in [1.54, 1.807) is 18.4 Å². The van der Waals surface area contributed by atoms with Crippen LogP contribution in [0.1, 0.15) is 30.3 Å². The van der Waals surface area contributed by atoms with Crippen molar-refractivity contribution in [2.75, 3.05) is 13.7 Å². The van der Waals surface area contributed by atoms with Gasteiger partial charge in [0, 0.05) is 22.5 Å². The van der Waals surface area contributed by atoms with Gasteiger partial charge in [-0.15, -0.1) is 11.3 Å². The summed E-state index contributed by atoms with van der Waals surface area (Å²) >= 11 is 5.16. The summed E-state index contributed by atoms with van der Waals surface area (Å²) in [6, 6.07) is 10.3. The van der Waals surface area contributed by atoms with Gasteiger partial charge in [0.1, 0.15) is 18.1 Å². The molecule has 1 heterocycles. The predicted molar refractivity (Wildman–Crippen MR) is 91.4 cm³/mol. The van der Waals surface area contributed by atoms with E-state index in [9.17, 15) is 0 Å². The molecule has 1 aromatic heterocycles. The van der Waals surface area contributed by atoms with Crippen LogP contribution in [0.2, 0.25) is 0 Å². The summed E-state index contributed by atoms with van der Waals surface area (Å²) in [4.78, 5) is 1.19. The van der Waals surface area contributed by atoms with E-state index >= 15 is 0 Å². The van der Waals surface area contributed by atoms with Gasteiger partial charge < -0.3 is 14.8 Å². The zero-order valence-electron chi connectivity index (χ0n) is 12.5. The van der Waals surface area contributed by atoms with Crippen molar-refractivity contribution in [1.82, 2.24) is 5.32 Å². The van der Waals surface area contributed by atoms with Gasteiger partial charge in [-0.3, -0.25) is 0 Å². The van der Waals surface area contributed by atoms with Crippen LogP contribution < -0.4 is 14.8 Å². The Labute approximate surface area is 138 Å². The highest BCUT2D eigenvalue weighted by Gasteiger charge is 2.12. The van der Waals surface area contributed by atoms with Gasteiger partial charge >= 0.3 is 0 Å². The van der Waals surface area contributed by atoms with Gasteiger partial charge in [0.25, 0.3) is 0 Å². The highest BCUT2D eigenvalue weighted by atomic mass is 79.9. The average Bonchev–Trinajstić information content (AvgIpc) is 2.90. The number of hydrogen-bond donors (Lipinski definition) is 1.